The Labute approximate surface area is 234 Å². The van der Waals surface area contributed by atoms with E-state index in [1.54, 1.807) is 36.7 Å². The Morgan fingerprint density at radius 3 is 2.85 bits per heavy atom. The van der Waals surface area contributed by atoms with Crippen molar-refractivity contribution in [1.29, 1.82) is 0 Å². The maximum absolute atomic E-state index is 13.1. The number of piperidine rings is 1. The zero-order valence-electron chi connectivity index (χ0n) is 21.6. The summed E-state index contributed by atoms with van der Waals surface area (Å²) in [5, 5.41) is 12.2. The third-order valence-electron chi connectivity index (χ3n) is 6.30. The molecule has 4 aromatic rings. The van der Waals surface area contributed by atoms with Crippen LogP contribution in [0.4, 0.5) is 0 Å². The van der Waals surface area contributed by atoms with Gasteiger partial charge in [0.15, 0.2) is 11.0 Å². The zero-order valence-corrected chi connectivity index (χ0v) is 23.3. The van der Waals surface area contributed by atoms with Gasteiger partial charge in [0.1, 0.15) is 16.5 Å². The van der Waals surface area contributed by atoms with Crippen LogP contribution in [0.15, 0.2) is 59.3 Å². The monoisotopic (exact) mass is 564 g/mol. The maximum atomic E-state index is 13.1. The van der Waals surface area contributed by atoms with Gasteiger partial charge in [-0.05, 0) is 44.0 Å². The van der Waals surface area contributed by atoms with E-state index in [1.165, 1.54) is 23.1 Å². The number of aromatic nitrogens is 5. The summed E-state index contributed by atoms with van der Waals surface area (Å²) in [6, 6.07) is 11.5. The third-order valence-corrected chi connectivity index (χ3v) is 8.28. The van der Waals surface area contributed by atoms with Crippen molar-refractivity contribution >= 4 is 35.0 Å². The molecule has 10 nitrogen and oxygen atoms in total. The largest absolute Gasteiger partial charge is 0.495 e. The predicted octanol–water partition coefficient (Wildman–Crippen LogP) is 4.50. The second-order valence-corrected chi connectivity index (χ2v) is 10.7. The number of likely N-dealkylation sites (tertiary alicyclic amines) is 1. The van der Waals surface area contributed by atoms with E-state index in [9.17, 15) is 9.59 Å². The number of nitrogens with zero attached hydrogens (tertiary/aromatic N) is 6. The van der Waals surface area contributed by atoms with Gasteiger partial charge >= 0.3 is 5.97 Å². The fourth-order valence-electron chi connectivity index (χ4n) is 4.45. The quantitative estimate of drug-likeness (QED) is 0.214. The highest BCUT2D eigenvalue weighted by molar-refractivity contribution is 7.98. The molecular formula is C27H28N6O4S2. The van der Waals surface area contributed by atoms with Crippen LogP contribution < -0.4 is 4.74 Å². The highest BCUT2D eigenvalue weighted by Crippen LogP contribution is 2.34. The number of pyridine rings is 1. The van der Waals surface area contributed by atoms with Gasteiger partial charge in [-0.3, -0.25) is 19.1 Å². The predicted molar refractivity (Wildman–Crippen MR) is 148 cm³/mol. The van der Waals surface area contributed by atoms with Crippen LogP contribution in [-0.2, 0) is 15.3 Å². The van der Waals surface area contributed by atoms with Crippen molar-refractivity contribution < 1.29 is 19.1 Å². The summed E-state index contributed by atoms with van der Waals surface area (Å²) < 4.78 is 12.7. The molecule has 202 valence electrons. The summed E-state index contributed by atoms with van der Waals surface area (Å²) in [5.74, 6) is 1.15. The van der Waals surface area contributed by atoms with Crippen molar-refractivity contribution in [3.05, 3.63) is 64.9 Å². The Morgan fingerprint density at radius 2 is 2.05 bits per heavy atom. The van der Waals surface area contributed by atoms with Crippen molar-refractivity contribution in [2.45, 2.75) is 30.7 Å². The average molecular weight is 565 g/mol. The zero-order chi connectivity index (χ0) is 27.2. The molecule has 5 rings (SSSR count). The van der Waals surface area contributed by atoms with E-state index >= 15 is 0 Å². The first-order valence-electron chi connectivity index (χ1n) is 12.6. The summed E-state index contributed by atoms with van der Waals surface area (Å²) in [5.41, 5.74) is 2.03. The molecule has 1 atom stereocenters. The number of methoxy groups -OCH3 is 1. The molecule has 1 aromatic carbocycles. The molecule has 1 aliphatic heterocycles. The lowest BCUT2D eigenvalue weighted by atomic mass is 9.98. The molecule has 1 saturated heterocycles. The summed E-state index contributed by atoms with van der Waals surface area (Å²) in [7, 11) is 1.63. The number of para-hydroxylation sites is 2. The Hall–Kier alpha value is -3.77. The normalized spacial score (nSPS) is 15.2. The minimum absolute atomic E-state index is 0.160. The van der Waals surface area contributed by atoms with E-state index in [-0.39, 0.29) is 17.8 Å². The van der Waals surface area contributed by atoms with Crippen molar-refractivity contribution in [2.24, 2.45) is 5.92 Å². The standard InChI is InChI=1S/C27H28N6O4S2/c1-3-37-26(35)19-9-7-13-32(15-19)25(34)20-16-38-23(29-20)17-39-27-31-30-24(18-8-6-12-28-14-18)33(27)21-10-4-5-11-22(21)36-2/h4-6,8,10-12,14,16,19H,3,7,9,13,15,17H2,1-2H3. The molecular weight excluding hydrogens is 536 g/mol. The van der Waals surface area contributed by atoms with E-state index in [0.717, 1.165) is 29.1 Å². The molecule has 0 aliphatic carbocycles. The van der Waals surface area contributed by atoms with E-state index in [1.807, 2.05) is 41.0 Å². The van der Waals surface area contributed by atoms with Gasteiger partial charge in [0.05, 0.1) is 31.1 Å². The lowest BCUT2D eigenvalue weighted by Gasteiger charge is -2.31. The first kappa shape index (κ1) is 26.8. The Bertz CT molecular complexity index is 1440. The molecule has 12 heteroatoms. The number of benzene rings is 1. The number of esters is 1. The van der Waals surface area contributed by atoms with Gasteiger partial charge in [-0.25, -0.2) is 4.98 Å². The van der Waals surface area contributed by atoms with Crippen LogP contribution in [-0.4, -0.2) is 68.3 Å². The smallest absolute Gasteiger partial charge is 0.310 e. The van der Waals surface area contributed by atoms with E-state index < -0.39 is 0 Å². The van der Waals surface area contributed by atoms with Gasteiger partial charge in [-0.1, -0.05) is 23.9 Å². The number of ether oxygens (including phenoxy) is 2. The fourth-order valence-corrected chi connectivity index (χ4v) is 6.19. The van der Waals surface area contributed by atoms with Crippen molar-refractivity contribution in [3.63, 3.8) is 0 Å². The summed E-state index contributed by atoms with van der Waals surface area (Å²) in [6.07, 6.45) is 4.96. The Balaban J connectivity index is 1.34. The molecule has 0 radical (unpaired) electrons. The molecule has 0 N–H and O–H groups in total. The van der Waals surface area contributed by atoms with Crippen molar-refractivity contribution in [1.82, 2.24) is 29.6 Å². The molecule has 4 heterocycles. The highest BCUT2D eigenvalue weighted by Gasteiger charge is 2.30. The Morgan fingerprint density at radius 1 is 1.18 bits per heavy atom. The van der Waals surface area contributed by atoms with Gasteiger partial charge in [-0.2, -0.15) is 0 Å². The van der Waals surface area contributed by atoms with Crippen LogP contribution in [0.5, 0.6) is 5.75 Å². The number of carbonyl (C=O) groups excluding carboxylic acids is 2. The lowest BCUT2D eigenvalue weighted by molar-refractivity contribution is -0.149. The molecule has 1 amide bonds. The second kappa shape index (κ2) is 12.4. The van der Waals surface area contributed by atoms with Gasteiger partial charge in [0.25, 0.3) is 5.91 Å². The number of hydrogen-bond acceptors (Lipinski definition) is 10. The van der Waals surface area contributed by atoms with E-state index in [0.29, 0.717) is 47.9 Å². The molecule has 0 saturated carbocycles. The lowest BCUT2D eigenvalue weighted by Crippen LogP contribution is -2.43. The van der Waals surface area contributed by atoms with Crippen molar-refractivity contribution in [3.8, 4) is 22.8 Å². The summed E-state index contributed by atoms with van der Waals surface area (Å²) in [6.45, 7) is 3.09. The van der Waals surface area contributed by atoms with Crippen LogP contribution in [0.25, 0.3) is 17.1 Å². The van der Waals surface area contributed by atoms with Crippen molar-refractivity contribution in [2.75, 3.05) is 26.8 Å². The molecule has 0 spiro atoms. The average Bonchev–Trinajstić information content (AvgIpc) is 3.63. The summed E-state index contributed by atoms with van der Waals surface area (Å²) >= 11 is 2.90. The number of thioether (sulfide) groups is 1. The maximum Gasteiger partial charge on any atom is 0.310 e. The second-order valence-electron chi connectivity index (χ2n) is 8.81. The van der Waals surface area contributed by atoms with Gasteiger partial charge < -0.3 is 14.4 Å². The number of amides is 1. The minimum atomic E-state index is -0.285. The molecule has 39 heavy (non-hydrogen) atoms. The van der Waals surface area contributed by atoms with Crippen LogP contribution in [0.3, 0.4) is 0 Å². The molecule has 0 bridgehead atoms. The SMILES string of the molecule is CCOC(=O)C1CCCN(C(=O)c2csc(CSc3nnc(-c4cccnc4)n3-c3ccccc3OC)n2)C1. The molecule has 1 fully saturated rings. The van der Waals surface area contributed by atoms with Crippen LogP contribution in [0.2, 0.25) is 0 Å². The van der Waals surface area contributed by atoms with Crippen LogP contribution >= 0.6 is 23.1 Å². The first-order valence-corrected chi connectivity index (χ1v) is 14.5. The topological polar surface area (TPSA) is 112 Å². The fraction of sp³-hybridized carbons (Fsp3) is 0.333. The molecule has 1 unspecified atom stereocenters. The van der Waals surface area contributed by atoms with Crippen LogP contribution in [0.1, 0.15) is 35.3 Å². The van der Waals surface area contributed by atoms with E-state index in [4.69, 9.17) is 9.47 Å². The number of rotatable bonds is 9. The summed E-state index contributed by atoms with van der Waals surface area (Å²) in [4.78, 5) is 35.9. The number of carbonyl (C=O) groups is 2. The molecule has 3 aromatic heterocycles. The van der Waals surface area contributed by atoms with Gasteiger partial charge in [0, 0.05) is 36.4 Å². The number of hydrogen-bond donors (Lipinski definition) is 0. The third kappa shape index (κ3) is 5.96. The molecule has 1 aliphatic rings. The van der Waals surface area contributed by atoms with Gasteiger partial charge in [0.2, 0.25) is 0 Å². The first-order chi connectivity index (χ1) is 19.1. The van der Waals surface area contributed by atoms with E-state index in [2.05, 4.69) is 20.2 Å². The Kier molecular flexibility index (Phi) is 8.52. The van der Waals surface area contributed by atoms with Gasteiger partial charge in [-0.15, -0.1) is 21.5 Å². The van der Waals surface area contributed by atoms with Crippen LogP contribution in [0, 0.1) is 5.92 Å². The highest BCUT2D eigenvalue weighted by atomic mass is 32.2. The number of thiazole rings is 1. The minimum Gasteiger partial charge on any atom is -0.495 e.